The average molecular weight is 626 g/mol. The highest BCUT2D eigenvalue weighted by atomic mass is 79.9. The van der Waals surface area contributed by atoms with Crippen LogP contribution >= 0.6 is 15.9 Å². The van der Waals surface area contributed by atoms with Gasteiger partial charge in [-0.05, 0) is 138 Å². The van der Waals surface area contributed by atoms with Gasteiger partial charge in [0, 0.05) is 10.9 Å². The number of anilines is 1. The normalized spacial score (nSPS) is 40.7. The molecule has 4 aliphatic rings. The van der Waals surface area contributed by atoms with Crippen molar-refractivity contribution in [3.8, 4) is 0 Å². The molecule has 9 heteroatoms. The zero-order chi connectivity index (χ0) is 28.3. The first kappa shape index (κ1) is 29.5. The monoisotopic (exact) mass is 624 g/mol. The summed E-state index contributed by atoms with van der Waals surface area (Å²) < 4.78 is 23.6. The number of nitrogens with two attached hydrogens (primary N) is 1. The van der Waals surface area contributed by atoms with E-state index in [0.29, 0.717) is 52.1 Å². The number of sulfonamides is 1. The fourth-order valence-electron chi connectivity index (χ4n) is 9.72. The van der Waals surface area contributed by atoms with Crippen molar-refractivity contribution in [3.05, 3.63) is 22.7 Å². The SMILES string of the molecule is C[C@H](CCC(=O)Nc1ccc(S(N)(=O)=O)cc1Br)[C@H]1CC[C@H]2[C@@H]3[C@@H](O)C[C@@H]4C[C@H](O)CC[C@]4(C)[C@H]3CC[C@]12C. The number of fused-ring (bicyclic) bond motifs is 5. The number of nitrogens with one attached hydrogen (secondary N) is 1. The van der Waals surface area contributed by atoms with Crippen LogP contribution in [0.4, 0.5) is 5.69 Å². The average Bonchev–Trinajstić information content (AvgIpc) is 3.21. The van der Waals surface area contributed by atoms with Gasteiger partial charge < -0.3 is 15.5 Å². The van der Waals surface area contributed by atoms with Crippen molar-refractivity contribution in [1.29, 1.82) is 0 Å². The summed E-state index contributed by atoms with van der Waals surface area (Å²) in [6.07, 6.45) is 8.99. The molecular formula is C30H45BrN2O5S. The molecule has 39 heavy (non-hydrogen) atoms. The molecule has 0 aromatic heterocycles. The molecule has 4 fully saturated rings. The quantitative estimate of drug-likeness (QED) is 0.335. The van der Waals surface area contributed by atoms with Gasteiger partial charge in [0.15, 0.2) is 0 Å². The Morgan fingerprint density at radius 3 is 2.49 bits per heavy atom. The lowest BCUT2D eigenvalue weighted by Gasteiger charge is -2.62. The number of aliphatic hydroxyl groups excluding tert-OH is 2. The van der Waals surface area contributed by atoms with E-state index in [4.69, 9.17) is 5.14 Å². The summed E-state index contributed by atoms with van der Waals surface area (Å²) in [6, 6.07) is 4.35. The number of carbonyl (C=O) groups is 1. The van der Waals surface area contributed by atoms with Gasteiger partial charge in [-0.2, -0.15) is 0 Å². The molecule has 5 N–H and O–H groups in total. The minimum Gasteiger partial charge on any atom is -0.393 e. The number of hydrogen-bond donors (Lipinski definition) is 4. The Bertz CT molecular complexity index is 1210. The van der Waals surface area contributed by atoms with Crippen LogP contribution in [0, 0.1) is 46.3 Å². The van der Waals surface area contributed by atoms with Crippen LogP contribution in [0.15, 0.2) is 27.6 Å². The topological polar surface area (TPSA) is 130 Å². The minimum absolute atomic E-state index is 0.00609. The molecule has 7 nitrogen and oxygen atoms in total. The van der Waals surface area contributed by atoms with Gasteiger partial charge in [0.05, 0.1) is 22.8 Å². The van der Waals surface area contributed by atoms with Gasteiger partial charge in [-0.25, -0.2) is 13.6 Å². The van der Waals surface area contributed by atoms with Gasteiger partial charge >= 0.3 is 0 Å². The van der Waals surface area contributed by atoms with Crippen molar-refractivity contribution in [1.82, 2.24) is 0 Å². The van der Waals surface area contributed by atoms with Gasteiger partial charge in [0.1, 0.15) is 0 Å². The second kappa shape index (κ2) is 10.7. The third-order valence-electron chi connectivity index (χ3n) is 11.8. The van der Waals surface area contributed by atoms with E-state index in [1.165, 1.54) is 18.6 Å². The number of primary sulfonamides is 1. The van der Waals surface area contributed by atoms with E-state index in [2.05, 4.69) is 42.0 Å². The standard InChI is InChI=1S/C30H45BrN2O5S/c1-17(4-9-27(36)33-25-8-5-20(16-24(25)31)39(32,37)38)21-6-7-22-28-23(11-13-30(21,22)3)29(2)12-10-19(34)14-18(29)15-26(28)35/h5,8,16-19,21-23,26,28,34-35H,4,6-7,9-15H2,1-3H3,(H,33,36)(H2,32,37,38)/t17-,18+,19-,21-,22+,23+,26+,28+,29+,30-/m1/s1. The fourth-order valence-corrected chi connectivity index (χ4v) is 10.9. The zero-order valence-corrected chi connectivity index (χ0v) is 25.8. The molecule has 1 aromatic rings. The van der Waals surface area contributed by atoms with E-state index in [-0.39, 0.29) is 33.8 Å². The minimum atomic E-state index is -3.81. The van der Waals surface area contributed by atoms with Crippen molar-refractivity contribution in [2.45, 2.75) is 102 Å². The predicted octanol–water partition coefficient (Wildman–Crippen LogP) is 5.44. The second-order valence-corrected chi connectivity index (χ2v) is 16.1. The van der Waals surface area contributed by atoms with Crippen LogP contribution in [0.1, 0.15) is 85.0 Å². The van der Waals surface area contributed by atoms with Crippen molar-refractivity contribution in [3.63, 3.8) is 0 Å². The smallest absolute Gasteiger partial charge is 0.238 e. The lowest BCUT2D eigenvalue weighted by molar-refractivity contribution is -0.174. The Hall–Kier alpha value is -1.00. The molecule has 5 rings (SSSR count). The van der Waals surface area contributed by atoms with Gasteiger partial charge in [0.25, 0.3) is 0 Å². The Labute approximate surface area is 241 Å². The maximum Gasteiger partial charge on any atom is 0.238 e. The number of rotatable bonds is 6. The van der Waals surface area contributed by atoms with Crippen LogP contribution < -0.4 is 10.5 Å². The summed E-state index contributed by atoms with van der Waals surface area (Å²) in [5, 5.41) is 29.9. The van der Waals surface area contributed by atoms with Crippen LogP contribution in [-0.4, -0.2) is 36.7 Å². The van der Waals surface area contributed by atoms with Crippen molar-refractivity contribution < 1.29 is 23.4 Å². The molecule has 0 spiro atoms. The molecule has 0 bridgehead atoms. The van der Waals surface area contributed by atoms with E-state index in [1.54, 1.807) is 6.07 Å². The molecule has 0 unspecified atom stereocenters. The van der Waals surface area contributed by atoms with Crippen LogP contribution in [0.25, 0.3) is 0 Å². The van der Waals surface area contributed by atoms with Gasteiger partial charge in [-0.1, -0.05) is 20.8 Å². The third kappa shape index (κ3) is 5.36. The maximum atomic E-state index is 12.8. The lowest BCUT2D eigenvalue weighted by atomic mass is 9.43. The molecule has 0 radical (unpaired) electrons. The zero-order valence-electron chi connectivity index (χ0n) is 23.4. The number of amides is 1. The van der Waals surface area contributed by atoms with Crippen LogP contribution in [0.5, 0.6) is 0 Å². The maximum absolute atomic E-state index is 12.8. The molecule has 4 saturated carbocycles. The summed E-state index contributed by atoms with van der Waals surface area (Å²) in [6.45, 7) is 7.19. The number of benzene rings is 1. The van der Waals surface area contributed by atoms with E-state index in [0.717, 1.165) is 51.4 Å². The predicted molar refractivity (Wildman–Crippen MR) is 155 cm³/mol. The Kier molecular flexibility index (Phi) is 8.08. The Morgan fingerprint density at radius 1 is 1.10 bits per heavy atom. The first-order valence-corrected chi connectivity index (χ1v) is 17.1. The summed E-state index contributed by atoms with van der Waals surface area (Å²) in [7, 11) is -3.81. The van der Waals surface area contributed by atoms with E-state index >= 15 is 0 Å². The Morgan fingerprint density at radius 2 is 1.79 bits per heavy atom. The third-order valence-corrected chi connectivity index (χ3v) is 13.4. The van der Waals surface area contributed by atoms with Crippen LogP contribution in [0.3, 0.4) is 0 Å². The second-order valence-electron chi connectivity index (χ2n) is 13.7. The van der Waals surface area contributed by atoms with E-state index in [9.17, 15) is 23.4 Å². The van der Waals surface area contributed by atoms with Crippen LogP contribution in [0.2, 0.25) is 0 Å². The summed E-state index contributed by atoms with van der Waals surface area (Å²) in [5.74, 6) is 2.66. The van der Waals surface area contributed by atoms with Gasteiger partial charge in [0.2, 0.25) is 15.9 Å². The van der Waals surface area contributed by atoms with E-state index in [1.807, 2.05) is 0 Å². The van der Waals surface area contributed by atoms with Crippen molar-refractivity contribution in [2.75, 3.05) is 5.32 Å². The number of aliphatic hydroxyl groups is 2. The first-order valence-electron chi connectivity index (χ1n) is 14.7. The molecule has 0 heterocycles. The highest BCUT2D eigenvalue weighted by Gasteiger charge is 2.62. The summed E-state index contributed by atoms with van der Waals surface area (Å²) >= 11 is 3.34. The lowest BCUT2D eigenvalue weighted by Crippen LogP contribution is -2.58. The molecule has 1 aromatic carbocycles. The van der Waals surface area contributed by atoms with Crippen molar-refractivity contribution in [2.24, 2.45) is 51.5 Å². The fraction of sp³-hybridized carbons (Fsp3) is 0.767. The largest absolute Gasteiger partial charge is 0.393 e. The van der Waals surface area contributed by atoms with Crippen LogP contribution in [-0.2, 0) is 14.8 Å². The van der Waals surface area contributed by atoms with E-state index < -0.39 is 10.0 Å². The molecule has 10 atom stereocenters. The molecule has 1 amide bonds. The molecule has 0 aliphatic heterocycles. The van der Waals surface area contributed by atoms with Gasteiger partial charge in [-0.3, -0.25) is 4.79 Å². The number of carbonyl (C=O) groups excluding carboxylic acids is 1. The summed E-state index contributed by atoms with van der Waals surface area (Å²) in [4.78, 5) is 12.8. The number of halogens is 1. The van der Waals surface area contributed by atoms with Gasteiger partial charge in [-0.15, -0.1) is 0 Å². The molecule has 0 saturated heterocycles. The highest BCUT2D eigenvalue weighted by molar-refractivity contribution is 9.10. The molecular weight excluding hydrogens is 580 g/mol. The molecule has 4 aliphatic carbocycles. The Balaban J connectivity index is 1.22. The summed E-state index contributed by atoms with van der Waals surface area (Å²) in [5.41, 5.74) is 0.939. The first-order chi connectivity index (χ1) is 18.2. The van der Waals surface area contributed by atoms with Crippen molar-refractivity contribution >= 4 is 37.5 Å². The highest BCUT2D eigenvalue weighted by Crippen LogP contribution is 2.68. The molecule has 218 valence electrons. The number of hydrogen-bond acceptors (Lipinski definition) is 5.